The van der Waals surface area contributed by atoms with Crippen molar-refractivity contribution in [2.24, 2.45) is 0 Å². The summed E-state index contributed by atoms with van der Waals surface area (Å²) in [4.78, 5) is 0. The van der Waals surface area contributed by atoms with E-state index in [2.05, 4.69) is 31.2 Å². The zero-order valence-electron chi connectivity index (χ0n) is 12.5. The van der Waals surface area contributed by atoms with Gasteiger partial charge in [-0.3, -0.25) is 0 Å². The molecule has 0 saturated carbocycles. The Morgan fingerprint density at radius 1 is 1.14 bits per heavy atom. The minimum atomic E-state index is -0.609. The quantitative estimate of drug-likeness (QED) is 0.919. The Morgan fingerprint density at radius 2 is 1.90 bits per heavy atom. The second kappa shape index (κ2) is 6.42. The van der Waals surface area contributed by atoms with Crippen LogP contribution in [0.3, 0.4) is 0 Å². The number of aliphatic hydroxyl groups is 1. The molecule has 0 saturated heterocycles. The average molecular weight is 282 g/mol. The first-order valence-electron chi connectivity index (χ1n) is 7.76. The highest BCUT2D eigenvalue weighted by Crippen LogP contribution is 2.36. The summed E-state index contributed by atoms with van der Waals surface area (Å²) in [7, 11) is 0. The predicted molar refractivity (Wildman–Crippen MR) is 84.2 cm³/mol. The molecule has 21 heavy (non-hydrogen) atoms. The number of benzene rings is 2. The van der Waals surface area contributed by atoms with Gasteiger partial charge >= 0.3 is 0 Å². The third-order valence-electron chi connectivity index (χ3n) is 4.18. The van der Waals surface area contributed by atoms with Gasteiger partial charge < -0.3 is 9.84 Å². The van der Waals surface area contributed by atoms with Crippen molar-refractivity contribution in [3.8, 4) is 0 Å². The zero-order chi connectivity index (χ0) is 14.7. The molecule has 0 aliphatic carbocycles. The SMILES string of the molecule is CCCc1ccc(C(O)C2OCCc3ccccc32)cc1. The molecule has 110 valence electrons. The summed E-state index contributed by atoms with van der Waals surface area (Å²) in [6.45, 7) is 2.85. The molecule has 1 aliphatic rings. The van der Waals surface area contributed by atoms with E-state index in [0.717, 1.165) is 30.4 Å². The Morgan fingerprint density at radius 3 is 2.67 bits per heavy atom. The molecule has 1 heterocycles. The van der Waals surface area contributed by atoms with Crippen LogP contribution in [0.4, 0.5) is 0 Å². The van der Waals surface area contributed by atoms with E-state index >= 15 is 0 Å². The number of aliphatic hydroxyl groups excluding tert-OH is 1. The second-order valence-corrected chi connectivity index (χ2v) is 5.68. The molecular formula is C19H22O2. The summed E-state index contributed by atoms with van der Waals surface area (Å²) in [6.07, 6.45) is 2.28. The van der Waals surface area contributed by atoms with Crippen LogP contribution in [-0.2, 0) is 17.6 Å². The van der Waals surface area contributed by atoms with Crippen LogP contribution >= 0.6 is 0 Å². The van der Waals surface area contributed by atoms with E-state index in [1.54, 1.807) is 0 Å². The molecule has 0 radical (unpaired) electrons. The fourth-order valence-corrected chi connectivity index (χ4v) is 3.03. The van der Waals surface area contributed by atoms with E-state index in [1.165, 1.54) is 11.1 Å². The molecule has 2 heteroatoms. The lowest BCUT2D eigenvalue weighted by Crippen LogP contribution is -2.22. The number of fused-ring (bicyclic) bond motifs is 1. The van der Waals surface area contributed by atoms with Crippen molar-refractivity contribution in [3.63, 3.8) is 0 Å². The third kappa shape index (κ3) is 3.02. The average Bonchev–Trinajstić information content (AvgIpc) is 2.55. The Bertz CT molecular complexity index is 589. The number of hydrogen-bond donors (Lipinski definition) is 1. The molecule has 3 rings (SSSR count). The van der Waals surface area contributed by atoms with Crippen LogP contribution < -0.4 is 0 Å². The lowest BCUT2D eigenvalue weighted by Gasteiger charge is -2.30. The van der Waals surface area contributed by atoms with E-state index in [9.17, 15) is 5.11 Å². The summed E-state index contributed by atoms with van der Waals surface area (Å²) in [5, 5.41) is 10.7. The minimum absolute atomic E-state index is 0.257. The van der Waals surface area contributed by atoms with E-state index < -0.39 is 6.10 Å². The molecule has 2 atom stereocenters. The summed E-state index contributed by atoms with van der Waals surface area (Å²) < 4.78 is 5.85. The third-order valence-corrected chi connectivity index (χ3v) is 4.18. The first-order chi connectivity index (χ1) is 10.3. The minimum Gasteiger partial charge on any atom is -0.385 e. The first kappa shape index (κ1) is 14.3. The Hall–Kier alpha value is -1.64. The van der Waals surface area contributed by atoms with Crippen molar-refractivity contribution < 1.29 is 9.84 Å². The maximum absolute atomic E-state index is 10.7. The van der Waals surface area contributed by atoms with Gasteiger partial charge in [0.2, 0.25) is 0 Å². The maximum atomic E-state index is 10.7. The summed E-state index contributed by atoms with van der Waals surface area (Å²) in [6, 6.07) is 16.5. The van der Waals surface area contributed by atoms with Crippen LogP contribution in [0.15, 0.2) is 48.5 Å². The lowest BCUT2D eigenvalue weighted by molar-refractivity contribution is -0.0483. The number of aryl methyl sites for hydroxylation is 1. The first-order valence-corrected chi connectivity index (χ1v) is 7.76. The van der Waals surface area contributed by atoms with Gasteiger partial charge in [0, 0.05) is 0 Å². The predicted octanol–water partition coefficient (Wildman–Crippen LogP) is 3.99. The van der Waals surface area contributed by atoms with Gasteiger partial charge in [0.1, 0.15) is 12.2 Å². The van der Waals surface area contributed by atoms with Gasteiger partial charge in [-0.25, -0.2) is 0 Å². The van der Waals surface area contributed by atoms with Gasteiger partial charge in [0.25, 0.3) is 0 Å². The van der Waals surface area contributed by atoms with Crippen LogP contribution in [0.25, 0.3) is 0 Å². The number of ether oxygens (including phenoxy) is 1. The molecule has 0 bridgehead atoms. The van der Waals surface area contributed by atoms with Crippen LogP contribution in [0, 0.1) is 0 Å². The van der Waals surface area contributed by atoms with Gasteiger partial charge in [0.05, 0.1) is 6.61 Å². The highest BCUT2D eigenvalue weighted by molar-refractivity contribution is 5.34. The van der Waals surface area contributed by atoms with Gasteiger partial charge in [0.15, 0.2) is 0 Å². The monoisotopic (exact) mass is 282 g/mol. The fourth-order valence-electron chi connectivity index (χ4n) is 3.03. The summed E-state index contributed by atoms with van der Waals surface area (Å²) >= 11 is 0. The van der Waals surface area contributed by atoms with Crippen molar-refractivity contribution in [2.45, 2.75) is 38.4 Å². The molecule has 2 aromatic carbocycles. The highest BCUT2D eigenvalue weighted by atomic mass is 16.5. The van der Waals surface area contributed by atoms with Crippen molar-refractivity contribution >= 4 is 0 Å². The molecule has 0 fully saturated rings. The van der Waals surface area contributed by atoms with Crippen LogP contribution in [0.1, 0.15) is 47.8 Å². The van der Waals surface area contributed by atoms with Crippen LogP contribution in [0.5, 0.6) is 0 Å². The Kier molecular flexibility index (Phi) is 4.37. The van der Waals surface area contributed by atoms with Crippen molar-refractivity contribution in [1.29, 1.82) is 0 Å². The van der Waals surface area contributed by atoms with Crippen LogP contribution in [0.2, 0.25) is 0 Å². The fraction of sp³-hybridized carbons (Fsp3) is 0.368. The smallest absolute Gasteiger partial charge is 0.113 e. The van der Waals surface area contributed by atoms with Crippen molar-refractivity contribution in [3.05, 3.63) is 70.8 Å². The van der Waals surface area contributed by atoms with Gasteiger partial charge in [-0.15, -0.1) is 0 Å². The second-order valence-electron chi connectivity index (χ2n) is 5.68. The topological polar surface area (TPSA) is 29.5 Å². The van der Waals surface area contributed by atoms with E-state index in [-0.39, 0.29) is 6.10 Å². The number of rotatable bonds is 4. The highest BCUT2D eigenvalue weighted by Gasteiger charge is 2.28. The summed E-state index contributed by atoms with van der Waals surface area (Å²) in [5.41, 5.74) is 4.65. The van der Waals surface area contributed by atoms with E-state index in [4.69, 9.17) is 4.74 Å². The molecule has 0 amide bonds. The Labute approximate surface area is 126 Å². The molecule has 1 N–H and O–H groups in total. The molecule has 1 aliphatic heterocycles. The largest absolute Gasteiger partial charge is 0.385 e. The molecular weight excluding hydrogens is 260 g/mol. The lowest BCUT2D eigenvalue weighted by atomic mass is 9.91. The maximum Gasteiger partial charge on any atom is 0.113 e. The van der Waals surface area contributed by atoms with Gasteiger partial charge in [-0.1, -0.05) is 61.9 Å². The number of hydrogen-bond acceptors (Lipinski definition) is 2. The normalized spacial score (nSPS) is 19.0. The standard InChI is InChI=1S/C19H22O2/c1-2-5-14-8-10-16(11-9-14)18(20)19-17-7-4-3-6-15(17)12-13-21-19/h3-4,6-11,18-20H,2,5,12-13H2,1H3. The van der Waals surface area contributed by atoms with Gasteiger partial charge in [-0.2, -0.15) is 0 Å². The molecule has 2 aromatic rings. The van der Waals surface area contributed by atoms with Crippen molar-refractivity contribution in [1.82, 2.24) is 0 Å². The molecule has 2 nitrogen and oxygen atoms in total. The van der Waals surface area contributed by atoms with Gasteiger partial charge in [-0.05, 0) is 35.1 Å². The summed E-state index contributed by atoms with van der Waals surface area (Å²) in [5.74, 6) is 0. The van der Waals surface area contributed by atoms with Crippen molar-refractivity contribution in [2.75, 3.05) is 6.61 Å². The molecule has 2 unspecified atom stereocenters. The zero-order valence-corrected chi connectivity index (χ0v) is 12.5. The van der Waals surface area contributed by atoms with E-state index in [0.29, 0.717) is 6.61 Å². The molecule has 0 aromatic heterocycles. The molecule has 0 spiro atoms. The van der Waals surface area contributed by atoms with Crippen LogP contribution in [-0.4, -0.2) is 11.7 Å². The van der Waals surface area contributed by atoms with E-state index in [1.807, 2.05) is 24.3 Å². The Balaban J connectivity index is 1.84.